The highest BCUT2D eigenvalue weighted by atomic mass is 32.2. The third-order valence-electron chi connectivity index (χ3n) is 2.95. The Kier molecular flexibility index (Phi) is 7.89. The van der Waals surface area contributed by atoms with Crippen molar-refractivity contribution in [2.24, 2.45) is 0 Å². The Morgan fingerprint density at radius 3 is 3.00 bits per heavy atom. The molecule has 1 heterocycles. The molecule has 0 bridgehead atoms. The smallest absolute Gasteiger partial charge is 0.235 e. The monoisotopic (exact) mass is 294 g/mol. The minimum atomic E-state index is -0.0739. The SMILES string of the molecule is CCCCSC(C)C(=O)N(CCC#N)Cc1ccco1. The van der Waals surface area contributed by atoms with E-state index in [0.717, 1.165) is 24.4 Å². The van der Waals surface area contributed by atoms with Crippen molar-refractivity contribution in [1.82, 2.24) is 4.90 Å². The van der Waals surface area contributed by atoms with E-state index < -0.39 is 0 Å². The molecule has 0 aliphatic carbocycles. The number of hydrogen-bond donors (Lipinski definition) is 0. The summed E-state index contributed by atoms with van der Waals surface area (Å²) in [5.41, 5.74) is 0. The van der Waals surface area contributed by atoms with Gasteiger partial charge in [0.15, 0.2) is 0 Å². The van der Waals surface area contributed by atoms with E-state index in [0.29, 0.717) is 19.5 Å². The zero-order chi connectivity index (χ0) is 14.8. The lowest BCUT2D eigenvalue weighted by atomic mass is 10.3. The second-order valence-electron chi connectivity index (χ2n) is 4.61. The van der Waals surface area contributed by atoms with Crippen LogP contribution in [0.3, 0.4) is 0 Å². The van der Waals surface area contributed by atoms with Gasteiger partial charge in [-0.15, -0.1) is 11.8 Å². The fourth-order valence-corrected chi connectivity index (χ4v) is 2.88. The summed E-state index contributed by atoms with van der Waals surface area (Å²) in [6.07, 6.45) is 4.21. The first kappa shape index (κ1) is 16.6. The predicted octanol–water partition coefficient (Wildman–Crippen LogP) is 3.44. The number of unbranched alkanes of at least 4 members (excludes halogenated alkanes) is 1. The van der Waals surface area contributed by atoms with Crippen LogP contribution in [-0.2, 0) is 11.3 Å². The molecule has 0 N–H and O–H groups in total. The Bertz CT molecular complexity index is 426. The van der Waals surface area contributed by atoms with Gasteiger partial charge >= 0.3 is 0 Å². The first-order valence-corrected chi connectivity index (χ1v) is 8.03. The number of rotatable bonds is 9. The molecular weight excluding hydrogens is 272 g/mol. The lowest BCUT2D eigenvalue weighted by Gasteiger charge is -2.24. The van der Waals surface area contributed by atoms with Crippen molar-refractivity contribution in [3.8, 4) is 6.07 Å². The highest BCUT2D eigenvalue weighted by Crippen LogP contribution is 2.17. The number of carbonyl (C=O) groups is 1. The van der Waals surface area contributed by atoms with Crippen LogP contribution < -0.4 is 0 Å². The van der Waals surface area contributed by atoms with Crippen LogP contribution in [0, 0.1) is 11.3 Å². The zero-order valence-corrected chi connectivity index (χ0v) is 13.0. The second-order valence-corrected chi connectivity index (χ2v) is 6.06. The molecule has 0 aliphatic heterocycles. The van der Waals surface area contributed by atoms with Gasteiger partial charge in [-0.2, -0.15) is 5.26 Å². The summed E-state index contributed by atoms with van der Waals surface area (Å²) in [4.78, 5) is 14.1. The van der Waals surface area contributed by atoms with Gasteiger partial charge in [0.05, 0.1) is 30.5 Å². The molecule has 1 unspecified atom stereocenters. The van der Waals surface area contributed by atoms with Gasteiger partial charge in [0.25, 0.3) is 0 Å². The lowest BCUT2D eigenvalue weighted by Crippen LogP contribution is -2.36. The summed E-state index contributed by atoms with van der Waals surface area (Å²) in [6.45, 7) is 4.97. The number of thioether (sulfide) groups is 1. The molecule has 20 heavy (non-hydrogen) atoms. The summed E-state index contributed by atoms with van der Waals surface area (Å²) < 4.78 is 5.29. The van der Waals surface area contributed by atoms with Crippen molar-refractivity contribution in [2.75, 3.05) is 12.3 Å². The van der Waals surface area contributed by atoms with Gasteiger partial charge in [-0.25, -0.2) is 0 Å². The van der Waals surface area contributed by atoms with Crippen molar-refractivity contribution < 1.29 is 9.21 Å². The number of nitriles is 1. The van der Waals surface area contributed by atoms with Crippen molar-refractivity contribution in [1.29, 1.82) is 5.26 Å². The number of furan rings is 1. The Morgan fingerprint density at radius 2 is 2.40 bits per heavy atom. The van der Waals surface area contributed by atoms with E-state index in [1.165, 1.54) is 0 Å². The normalized spacial score (nSPS) is 11.8. The first-order valence-electron chi connectivity index (χ1n) is 6.98. The fraction of sp³-hybridized carbons (Fsp3) is 0.600. The van der Waals surface area contributed by atoms with Crippen LogP contribution in [0.2, 0.25) is 0 Å². The van der Waals surface area contributed by atoms with Gasteiger partial charge in [-0.3, -0.25) is 4.79 Å². The molecule has 1 atom stereocenters. The van der Waals surface area contributed by atoms with Crippen LogP contribution in [0.4, 0.5) is 0 Å². The molecule has 110 valence electrons. The minimum Gasteiger partial charge on any atom is -0.467 e. The molecule has 0 saturated heterocycles. The largest absolute Gasteiger partial charge is 0.467 e. The van der Waals surface area contributed by atoms with Crippen LogP contribution in [0.25, 0.3) is 0 Å². The number of hydrogen-bond acceptors (Lipinski definition) is 4. The highest BCUT2D eigenvalue weighted by Gasteiger charge is 2.21. The van der Waals surface area contributed by atoms with Crippen molar-refractivity contribution in [3.05, 3.63) is 24.2 Å². The maximum atomic E-state index is 12.4. The molecule has 4 nitrogen and oxygen atoms in total. The van der Waals surface area contributed by atoms with Crippen molar-refractivity contribution in [3.63, 3.8) is 0 Å². The van der Waals surface area contributed by atoms with Crippen molar-refractivity contribution >= 4 is 17.7 Å². The van der Waals surface area contributed by atoms with Crippen LogP contribution in [0.1, 0.15) is 38.9 Å². The van der Waals surface area contributed by atoms with E-state index in [9.17, 15) is 4.79 Å². The van der Waals surface area contributed by atoms with Crippen LogP contribution in [0.15, 0.2) is 22.8 Å². The minimum absolute atomic E-state index is 0.0739. The predicted molar refractivity (Wildman–Crippen MR) is 81.2 cm³/mol. The number of carbonyl (C=O) groups excluding carboxylic acids is 1. The second kappa shape index (κ2) is 9.49. The molecule has 0 saturated carbocycles. The summed E-state index contributed by atoms with van der Waals surface area (Å²) >= 11 is 1.68. The van der Waals surface area contributed by atoms with E-state index in [4.69, 9.17) is 9.68 Å². The van der Waals surface area contributed by atoms with Gasteiger partial charge in [-0.05, 0) is 31.2 Å². The third-order valence-corrected chi connectivity index (χ3v) is 4.17. The fourth-order valence-electron chi connectivity index (χ4n) is 1.78. The van der Waals surface area contributed by atoms with E-state index in [1.54, 1.807) is 22.9 Å². The Labute approximate surface area is 125 Å². The molecule has 1 amide bonds. The van der Waals surface area contributed by atoms with Gasteiger partial charge in [0.1, 0.15) is 5.76 Å². The summed E-state index contributed by atoms with van der Waals surface area (Å²) in [7, 11) is 0. The van der Waals surface area contributed by atoms with Crippen LogP contribution in [-0.4, -0.2) is 28.4 Å². The first-order chi connectivity index (χ1) is 9.69. The quantitative estimate of drug-likeness (QED) is 0.655. The molecule has 0 fully saturated rings. The van der Waals surface area contributed by atoms with Crippen molar-refractivity contribution in [2.45, 2.75) is 44.9 Å². The highest BCUT2D eigenvalue weighted by molar-refractivity contribution is 8.00. The van der Waals surface area contributed by atoms with Gasteiger partial charge < -0.3 is 9.32 Å². The third kappa shape index (κ3) is 5.70. The molecule has 1 rings (SSSR count). The zero-order valence-electron chi connectivity index (χ0n) is 12.2. The average Bonchev–Trinajstić information content (AvgIpc) is 2.95. The van der Waals surface area contributed by atoms with E-state index in [-0.39, 0.29) is 11.2 Å². The van der Waals surface area contributed by atoms with E-state index in [1.807, 2.05) is 19.1 Å². The molecule has 0 spiro atoms. The molecule has 0 radical (unpaired) electrons. The Balaban J connectivity index is 2.56. The molecule has 0 aliphatic rings. The maximum absolute atomic E-state index is 12.4. The van der Waals surface area contributed by atoms with E-state index in [2.05, 4.69) is 13.0 Å². The molecule has 0 aromatic carbocycles. The van der Waals surface area contributed by atoms with E-state index >= 15 is 0 Å². The standard InChI is InChI=1S/C15H22N2O2S/c1-3-4-11-20-13(2)15(18)17(9-6-8-16)12-14-7-5-10-19-14/h5,7,10,13H,3-4,6,9,11-12H2,1-2H3. The van der Waals surface area contributed by atoms with Gasteiger partial charge in [0.2, 0.25) is 5.91 Å². The Hall–Kier alpha value is -1.41. The molecule has 1 aromatic heterocycles. The average molecular weight is 294 g/mol. The lowest BCUT2D eigenvalue weighted by molar-refractivity contribution is -0.131. The Morgan fingerprint density at radius 1 is 1.60 bits per heavy atom. The summed E-state index contributed by atoms with van der Waals surface area (Å²) in [5.74, 6) is 1.83. The molecule has 1 aromatic rings. The summed E-state index contributed by atoms with van der Waals surface area (Å²) in [5, 5.41) is 8.64. The summed E-state index contributed by atoms with van der Waals surface area (Å²) in [6, 6.07) is 5.75. The van der Waals surface area contributed by atoms with Crippen LogP contribution in [0.5, 0.6) is 0 Å². The van der Waals surface area contributed by atoms with Crippen LogP contribution >= 0.6 is 11.8 Å². The molecule has 5 heteroatoms. The molecular formula is C15H22N2O2S. The number of amides is 1. The van der Waals surface area contributed by atoms with Gasteiger partial charge in [0, 0.05) is 6.54 Å². The van der Waals surface area contributed by atoms with Gasteiger partial charge in [-0.1, -0.05) is 13.3 Å². The maximum Gasteiger partial charge on any atom is 0.235 e. The topological polar surface area (TPSA) is 57.2 Å². The number of nitrogens with zero attached hydrogens (tertiary/aromatic N) is 2.